The summed E-state index contributed by atoms with van der Waals surface area (Å²) in [7, 11) is 0. The van der Waals surface area contributed by atoms with Crippen molar-refractivity contribution < 1.29 is 24.3 Å². The van der Waals surface area contributed by atoms with Gasteiger partial charge in [0.05, 0.1) is 12.1 Å². The molecule has 1 fully saturated rings. The highest BCUT2D eigenvalue weighted by Gasteiger charge is 2.54. The Balaban J connectivity index is 2.21. The van der Waals surface area contributed by atoms with Gasteiger partial charge in [0.1, 0.15) is 0 Å². The largest absolute Gasteiger partial charge is 0.479 e. The molecule has 1 aliphatic rings. The molecule has 128 valence electrons. The van der Waals surface area contributed by atoms with E-state index in [2.05, 4.69) is 5.32 Å². The van der Waals surface area contributed by atoms with E-state index in [1.54, 1.807) is 30.3 Å². The zero-order chi connectivity index (χ0) is 17.9. The number of amides is 1. The van der Waals surface area contributed by atoms with Gasteiger partial charge in [-0.25, -0.2) is 4.79 Å². The van der Waals surface area contributed by atoms with Gasteiger partial charge in [0.25, 0.3) is 0 Å². The predicted molar refractivity (Wildman–Crippen MR) is 83.9 cm³/mol. The SMILES string of the molecule is NC(Cc1ccccc1)C(=O)C(N)(C(=O)O)C(=O)C1CCC(=O)N1. The van der Waals surface area contributed by atoms with E-state index in [4.69, 9.17) is 11.5 Å². The minimum absolute atomic E-state index is 0.0518. The molecule has 1 heterocycles. The van der Waals surface area contributed by atoms with Crippen LogP contribution in [0.4, 0.5) is 0 Å². The third-order valence-electron chi connectivity index (χ3n) is 4.06. The standard InChI is InChI=1S/C16H19N3O5/c17-10(8-9-4-2-1-3-5-9)13(21)16(18,15(23)24)14(22)11-6-7-12(20)19-11/h1-5,10-11H,6-8,17-18H2,(H,19,20)(H,23,24). The molecule has 2 rings (SSSR count). The number of hydrogen-bond donors (Lipinski definition) is 4. The summed E-state index contributed by atoms with van der Waals surface area (Å²) in [4.78, 5) is 47.8. The number of ketones is 2. The van der Waals surface area contributed by atoms with E-state index in [-0.39, 0.29) is 25.2 Å². The van der Waals surface area contributed by atoms with Gasteiger partial charge in [-0.2, -0.15) is 0 Å². The number of carbonyl (C=O) groups excluding carboxylic acids is 3. The van der Waals surface area contributed by atoms with Crippen LogP contribution in [0.25, 0.3) is 0 Å². The lowest BCUT2D eigenvalue weighted by Crippen LogP contribution is -2.68. The molecule has 1 aromatic carbocycles. The highest BCUT2D eigenvalue weighted by atomic mass is 16.4. The van der Waals surface area contributed by atoms with E-state index in [9.17, 15) is 24.3 Å². The van der Waals surface area contributed by atoms with Crippen LogP contribution < -0.4 is 16.8 Å². The number of carboxylic acids is 1. The Morgan fingerprint density at radius 1 is 1.29 bits per heavy atom. The normalized spacial score (nSPS) is 20.8. The Morgan fingerprint density at radius 2 is 1.92 bits per heavy atom. The Labute approximate surface area is 138 Å². The van der Waals surface area contributed by atoms with Crippen LogP contribution in [-0.2, 0) is 25.6 Å². The van der Waals surface area contributed by atoms with Gasteiger partial charge < -0.3 is 21.9 Å². The zero-order valence-electron chi connectivity index (χ0n) is 12.9. The van der Waals surface area contributed by atoms with Crippen molar-refractivity contribution in [2.24, 2.45) is 11.5 Å². The molecule has 3 unspecified atom stereocenters. The first kappa shape index (κ1) is 17.8. The first-order chi connectivity index (χ1) is 11.3. The van der Waals surface area contributed by atoms with Crippen molar-refractivity contribution >= 4 is 23.4 Å². The fourth-order valence-corrected chi connectivity index (χ4v) is 2.67. The quantitative estimate of drug-likeness (QED) is 0.455. The summed E-state index contributed by atoms with van der Waals surface area (Å²) in [6.45, 7) is 0. The van der Waals surface area contributed by atoms with Crippen LogP contribution in [0.2, 0.25) is 0 Å². The van der Waals surface area contributed by atoms with Crippen molar-refractivity contribution in [3.05, 3.63) is 35.9 Å². The topological polar surface area (TPSA) is 153 Å². The summed E-state index contributed by atoms with van der Waals surface area (Å²) in [5.41, 5.74) is 9.42. The molecule has 3 atom stereocenters. The minimum Gasteiger partial charge on any atom is -0.479 e. The van der Waals surface area contributed by atoms with Gasteiger partial charge in [0.2, 0.25) is 11.4 Å². The summed E-state index contributed by atoms with van der Waals surface area (Å²) in [5, 5.41) is 11.7. The molecule has 0 aromatic heterocycles. The predicted octanol–water partition coefficient (Wildman–Crippen LogP) is -1.24. The fourth-order valence-electron chi connectivity index (χ4n) is 2.67. The summed E-state index contributed by atoms with van der Waals surface area (Å²) in [5.74, 6) is -4.29. The molecular formula is C16H19N3O5. The molecule has 8 nitrogen and oxygen atoms in total. The smallest absolute Gasteiger partial charge is 0.339 e. The third kappa shape index (κ3) is 3.34. The number of hydrogen-bond acceptors (Lipinski definition) is 6. The van der Waals surface area contributed by atoms with Crippen molar-refractivity contribution in [3.8, 4) is 0 Å². The molecule has 0 spiro atoms. The van der Waals surface area contributed by atoms with E-state index in [1.807, 2.05) is 0 Å². The van der Waals surface area contributed by atoms with Crippen molar-refractivity contribution in [1.29, 1.82) is 0 Å². The van der Waals surface area contributed by atoms with E-state index in [0.717, 1.165) is 0 Å². The maximum atomic E-state index is 12.5. The molecule has 0 aliphatic carbocycles. The van der Waals surface area contributed by atoms with Gasteiger partial charge in [0, 0.05) is 6.42 Å². The second kappa shape index (κ2) is 6.90. The molecule has 6 N–H and O–H groups in total. The van der Waals surface area contributed by atoms with Crippen LogP contribution in [0.3, 0.4) is 0 Å². The van der Waals surface area contributed by atoms with E-state index < -0.39 is 35.2 Å². The number of rotatable bonds is 7. The lowest BCUT2D eigenvalue weighted by Gasteiger charge is -2.27. The molecule has 1 aromatic rings. The molecule has 24 heavy (non-hydrogen) atoms. The fraction of sp³-hybridized carbons (Fsp3) is 0.375. The number of aliphatic carboxylic acids is 1. The second-order valence-corrected chi connectivity index (χ2v) is 5.80. The number of nitrogens with two attached hydrogens (primary N) is 2. The van der Waals surface area contributed by atoms with E-state index >= 15 is 0 Å². The average Bonchev–Trinajstić information content (AvgIpc) is 2.99. The van der Waals surface area contributed by atoms with E-state index in [1.165, 1.54) is 0 Å². The van der Waals surface area contributed by atoms with Crippen LogP contribution in [0.1, 0.15) is 18.4 Å². The number of benzene rings is 1. The molecule has 0 radical (unpaired) electrons. The van der Waals surface area contributed by atoms with Crippen molar-refractivity contribution in [2.75, 3.05) is 0 Å². The van der Waals surface area contributed by atoms with Gasteiger partial charge in [-0.15, -0.1) is 0 Å². The van der Waals surface area contributed by atoms with Crippen LogP contribution in [0.15, 0.2) is 30.3 Å². The lowest BCUT2D eigenvalue weighted by atomic mass is 9.81. The van der Waals surface area contributed by atoms with Gasteiger partial charge >= 0.3 is 5.97 Å². The van der Waals surface area contributed by atoms with Crippen LogP contribution in [-0.4, -0.2) is 46.2 Å². The van der Waals surface area contributed by atoms with Crippen molar-refractivity contribution in [3.63, 3.8) is 0 Å². The summed E-state index contributed by atoms with van der Waals surface area (Å²) in [6.07, 6.45) is 0.234. The number of Topliss-reactive ketones (excluding diaryl/α,β-unsaturated/α-hetero) is 2. The maximum absolute atomic E-state index is 12.5. The summed E-state index contributed by atoms with van der Waals surface area (Å²) in [6, 6.07) is 6.39. The lowest BCUT2D eigenvalue weighted by molar-refractivity contribution is -0.154. The van der Waals surface area contributed by atoms with Gasteiger partial charge in [-0.05, 0) is 18.4 Å². The Bertz CT molecular complexity index is 676. The molecule has 1 aliphatic heterocycles. The molecule has 0 saturated carbocycles. The molecule has 8 heteroatoms. The van der Waals surface area contributed by atoms with Crippen LogP contribution >= 0.6 is 0 Å². The van der Waals surface area contributed by atoms with Crippen molar-refractivity contribution in [2.45, 2.75) is 36.9 Å². The minimum atomic E-state index is -2.78. The molecular weight excluding hydrogens is 314 g/mol. The Kier molecular flexibility index (Phi) is 5.10. The van der Waals surface area contributed by atoms with E-state index in [0.29, 0.717) is 5.56 Å². The molecule has 1 amide bonds. The van der Waals surface area contributed by atoms with Crippen LogP contribution in [0.5, 0.6) is 0 Å². The third-order valence-corrected chi connectivity index (χ3v) is 4.06. The molecule has 1 saturated heterocycles. The Morgan fingerprint density at radius 3 is 2.42 bits per heavy atom. The zero-order valence-corrected chi connectivity index (χ0v) is 12.9. The molecule has 0 bridgehead atoms. The first-order valence-corrected chi connectivity index (χ1v) is 7.46. The number of carbonyl (C=O) groups is 4. The van der Waals surface area contributed by atoms with Gasteiger partial charge in [-0.3, -0.25) is 14.4 Å². The average molecular weight is 333 g/mol. The van der Waals surface area contributed by atoms with Gasteiger partial charge in [-0.1, -0.05) is 30.3 Å². The summed E-state index contributed by atoms with van der Waals surface area (Å²) >= 11 is 0. The Hall–Kier alpha value is -2.58. The monoisotopic (exact) mass is 333 g/mol. The highest BCUT2D eigenvalue weighted by Crippen LogP contribution is 2.18. The van der Waals surface area contributed by atoms with Crippen molar-refractivity contribution in [1.82, 2.24) is 5.32 Å². The number of carboxylic acid groups (broad SMARTS) is 1. The van der Waals surface area contributed by atoms with Crippen LogP contribution in [0, 0.1) is 0 Å². The van der Waals surface area contributed by atoms with Gasteiger partial charge in [0.15, 0.2) is 11.6 Å². The second-order valence-electron chi connectivity index (χ2n) is 5.80. The highest BCUT2D eigenvalue weighted by molar-refractivity contribution is 6.29. The first-order valence-electron chi connectivity index (χ1n) is 7.46. The summed E-state index contributed by atoms with van der Waals surface area (Å²) < 4.78 is 0. The number of nitrogens with one attached hydrogen (secondary N) is 1. The maximum Gasteiger partial charge on any atom is 0.339 e.